The van der Waals surface area contributed by atoms with Gasteiger partial charge in [0, 0.05) is 23.3 Å². The van der Waals surface area contributed by atoms with Gasteiger partial charge in [0.1, 0.15) is 34.0 Å². The molecule has 0 saturated heterocycles. The Balaban J connectivity index is 1.90. The molecule has 2 N–H and O–H groups in total. The number of rotatable bonds is 8. The van der Waals surface area contributed by atoms with Gasteiger partial charge in [0.05, 0.1) is 13.7 Å². The molecular weight excluding hydrogens is 410 g/mol. The minimum atomic E-state index is -0.916. The van der Waals surface area contributed by atoms with Crippen molar-refractivity contribution in [3.63, 3.8) is 0 Å². The van der Waals surface area contributed by atoms with Gasteiger partial charge in [-0.3, -0.25) is 0 Å². The fourth-order valence-corrected chi connectivity index (χ4v) is 3.21. The highest BCUT2D eigenvalue weighted by Gasteiger charge is 2.24. The van der Waals surface area contributed by atoms with Crippen LogP contribution < -0.4 is 9.47 Å². The van der Waals surface area contributed by atoms with Gasteiger partial charge in [-0.2, -0.15) is 0 Å². The average molecular weight is 440 g/mol. The SMILES string of the molecule is COc1ccc2nn(-c3cc(OCCCC=C(C)C(=O)O)cc(C(C)(C)C)c3O)nc2c1. The lowest BCUT2D eigenvalue weighted by molar-refractivity contribution is -0.132. The van der Waals surface area contributed by atoms with Crippen molar-refractivity contribution in [2.75, 3.05) is 13.7 Å². The van der Waals surface area contributed by atoms with E-state index in [1.165, 1.54) is 4.80 Å². The Morgan fingerprint density at radius 3 is 2.50 bits per heavy atom. The molecule has 1 heterocycles. The first-order chi connectivity index (χ1) is 15.1. The van der Waals surface area contributed by atoms with E-state index in [0.29, 0.717) is 58.8 Å². The molecule has 0 bridgehead atoms. The maximum absolute atomic E-state index is 11.0. The Bertz CT molecular complexity index is 1160. The molecule has 0 saturated carbocycles. The molecule has 0 aliphatic rings. The number of allylic oxidation sites excluding steroid dienone is 1. The molecule has 1 aromatic heterocycles. The molecule has 3 aromatic rings. The lowest BCUT2D eigenvalue weighted by atomic mass is 9.86. The number of phenols is 1. The summed E-state index contributed by atoms with van der Waals surface area (Å²) < 4.78 is 11.2. The van der Waals surface area contributed by atoms with Crippen LogP contribution in [0.3, 0.4) is 0 Å². The van der Waals surface area contributed by atoms with Crippen LogP contribution in [0.2, 0.25) is 0 Å². The predicted molar refractivity (Wildman–Crippen MR) is 122 cm³/mol. The van der Waals surface area contributed by atoms with Crippen LogP contribution >= 0.6 is 0 Å². The van der Waals surface area contributed by atoms with Crippen molar-refractivity contribution in [2.24, 2.45) is 0 Å². The van der Waals surface area contributed by atoms with E-state index in [-0.39, 0.29) is 11.2 Å². The highest BCUT2D eigenvalue weighted by atomic mass is 16.5. The molecule has 0 radical (unpaired) electrons. The number of hydrogen-bond acceptors (Lipinski definition) is 6. The van der Waals surface area contributed by atoms with E-state index in [9.17, 15) is 9.90 Å². The van der Waals surface area contributed by atoms with Crippen LogP contribution in [0.5, 0.6) is 17.2 Å². The number of aromatic nitrogens is 3. The second-order valence-corrected chi connectivity index (χ2v) is 8.62. The highest BCUT2D eigenvalue weighted by Crippen LogP contribution is 2.38. The Morgan fingerprint density at radius 2 is 1.84 bits per heavy atom. The summed E-state index contributed by atoms with van der Waals surface area (Å²) in [6.45, 7) is 8.00. The van der Waals surface area contributed by atoms with E-state index in [0.717, 1.165) is 0 Å². The van der Waals surface area contributed by atoms with Crippen molar-refractivity contribution >= 4 is 17.0 Å². The summed E-state index contributed by atoms with van der Waals surface area (Å²) in [4.78, 5) is 12.3. The average Bonchev–Trinajstić information content (AvgIpc) is 3.16. The topological polar surface area (TPSA) is 107 Å². The standard InChI is InChI=1S/C24H29N3O5/c1-15(23(29)30)8-6-7-11-32-17-12-18(24(2,3)4)22(28)21(14-17)27-25-19-10-9-16(31-5)13-20(19)26-27/h8-10,12-14,28H,6-7,11H2,1-5H3,(H,29,30). The molecule has 0 unspecified atom stereocenters. The molecule has 2 aromatic carbocycles. The summed E-state index contributed by atoms with van der Waals surface area (Å²) >= 11 is 0. The highest BCUT2D eigenvalue weighted by molar-refractivity contribution is 5.85. The molecule has 0 aliphatic carbocycles. The number of nitrogens with zero attached hydrogens (tertiary/aromatic N) is 3. The Labute approximate surface area is 187 Å². The molecule has 8 heteroatoms. The van der Waals surface area contributed by atoms with Gasteiger partial charge in [-0.15, -0.1) is 15.0 Å². The number of benzene rings is 2. The van der Waals surface area contributed by atoms with Crippen LogP contribution in [0.4, 0.5) is 0 Å². The number of ether oxygens (including phenoxy) is 2. The molecule has 0 fully saturated rings. The first-order valence-corrected chi connectivity index (χ1v) is 10.4. The zero-order chi connectivity index (χ0) is 23.5. The number of hydrogen-bond donors (Lipinski definition) is 2. The first kappa shape index (κ1) is 23.1. The molecule has 170 valence electrons. The van der Waals surface area contributed by atoms with Gasteiger partial charge < -0.3 is 19.7 Å². The summed E-state index contributed by atoms with van der Waals surface area (Å²) in [5, 5.41) is 28.9. The Hall–Kier alpha value is -3.55. The monoisotopic (exact) mass is 439 g/mol. The second-order valence-electron chi connectivity index (χ2n) is 8.62. The van der Waals surface area contributed by atoms with Gasteiger partial charge >= 0.3 is 5.97 Å². The Morgan fingerprint density at radius 1 is 1.12 bits per heavy atom. The van der Waals surface area contributed by atoms with E-state index in [4.69, 9.17) is 14.6 Å². The zero-order valence-corrected chi connectivity index (χ0v) is 19.0. The van der Waals surface area contributed by atoms with Crippen LogP contribution in [-0.4, -0.2) is 44.9 Å². The summed E-state index contributed by atoms with van der Waals surface area (Å²) in [6.07, 6.45) is 2.94. The predicted octanol–water partition coefficient (Wildman–Crippen LogP) is 4.62. The van der Waals surface area contributed by atoms with Gasteiger partial charge in [0.2, 0.25) is 0 Å². The maximum Gasteiger partial charge on any atom is 0.330 e. The third-order valence-corrected chi connectivity index (χ3v) is 5.08. The molecular formula is C24H29N3O5. The molecule has 0 aliphatic heterocycles. The van der Waals surface area contributed by atoms with E-state index in [1.807, 2.05) is 39.0 Å². The van der Waals surface area contributed by atoms with Crippen LogP contribution in [0.25, 0.3) is 16.7 Å². The normalized spacial score (nSPS) is 12.2. The van der Waals surface area contributed by atoms with Crippen molar-refractivity contribution < 1.29 is 24.5 Å². The third-order valence-electron chi connectivity index (χ3n) is 5.08. The van der Waals surface area contributed by atoms with Crippen molar-refractivity contribution in [1.82, 2.24) is 15.0 Å². The second kappa shape index (κ2) is 9.30. The number of carboxylic acid groups (broad SMARTS) is 1. The summed E-state index contributed by atoms with van der Waals surface area (Å²) in [7, 11) is 1.59. The number of fused-ring (bicyclic) bond motifs is 1. The van der Waals surface area contributed by atoms with Crippen LogP contribution in [0, 0.1) is 0 Å². The number of carboxylic acids is 1. The molecule has 8 nitrogen and oxygen atoms in total. The van der Waals surface area contributed by atoms with Crippen LogP contribution in [-0.2, 0) is 10.2 Å². The van der Waals surface area contributed by atoms with Crippen molar-refractivity contribution in [1.29, 1.82) is 0 Å². The van der Waals surface area contributed by atoms with E-state index >= 15 is 0 Å². The van der Waals surface area contributed by atoms with Gasteiger partial charge in [0.15, 0.2) is 0 Å². The van der Waals surface area contributed by atoms with Gasteiger partial charge in [-0.05, 0) is 43.4 Å². The largest absolute Gasteiger partial charge is 0.505 e. The quantitative estimate of drug-likeness (QED) is 0.389. The van der Waals surface area contributed by atoms with E-state index in [2.05, 4.69) is 10.2 Å². The van der Waals surface area contributed by atoms with Crippen molar-refractivity contribution in [3.05, 3.63) is 47.5 Å². The van der Waals surface area contributed by atoms with Crippen LogP contribution in [0.1, 0.15) is 46.1 Å². The number of aromatic hydroxyl groups is 1. The number of phenolic OH excluding ortho intramolecular Hbond substituents is 1. The fourth-order valence-electron chi connectivity index (χ4n) is 3.21. The van der Waals surface area contributed by atoms with Gasteiger partial charge in [-0.1, -0.05) is 26.8 Å². The van der Waals surface area contributed by atoms with Crippen molar-refractivity contribution in [2.45, 2.75) is 46.0 Å². The third kappa shape index (κ3) is 5.19. The minimum absolute atomic E-state index is 0.0946. The van der Waals surface area contributed by atoms with E-state index < -0.39 is 5.97 Å². The van der Waals surface area contributed by atoms with Gasteiger partial charge in [-0.25, -0.2) is 4.79 Å². The number of aliphatic carboxylic acids is 1. The fraction of sp³-hybridized carbons (Fsp3) is 0.375. The molecule has 0 amide bonds. The molecule has 0 spiro atoms. The maximum atomic E-state index is 11.0. The number of carbonyl (C=O) groups is 1. The summed E-state index contributed by atoms with van der Waals surface area (Å²) in [5.41, 5.74) is 2.44. The first-order valence-electron chi connectivity index (χ1n) is 10.4. The summed E-state index contributed by atoms with van der Waals surface area (Å²) in [6, 6.07) is 8.93. The van der Waals surface area contributed by atoms with Crippen molar-refractivity contribution in [3.8, 4) is 22.9 Å². The lowest BCUT2D eigenvalue weighted by Gasteiger charge is -2.23. The van der Waals surface area contributed by atoms with Crippen LogP contribution in [0.15, 0.2) is 42.0 Å². The van der Waals surface area contributed by atoms with Gasteiger partial charge in [0.25, 0.3) is 0 Å². The zero-order valence-electron chi connectivity index (χ0n) is 19.0. The van der Waals surface area contributed by atoms with E-state index in [1.54, 1.807) is 32.2 Å². The Kier molecular flexibility index (Phi) is 6.72. The number of unbranched alkanes of at least 4 members (excludes halogenated alkanes) is 1. The molecule has 0 atom stereocenters. The molecule has 3 rings (SSSR count). The molecule has 32 heavy (non-hydrogen) atoms. The number of methoxy groups -OCH3 is 1. The smallest absolute Gasteiger partial charge is 0.330 e. The summed E-state index contributed by atoms with van der Waals surface area (Å²) in [5.74, 6) is 0.437. The lowest BCUT2D eigenvalue weighted by Crippen LogP contribution is -2.14. The minimum Gasteiger partial charge on any atom is -0.505 e.